The Labute approximate surface area is 171 Å². The monoisotopic (exact) mass is 407 g/mol. The summed E-state index contributed by atoms with van der Waals surface area (Å²) in [5.74, 6) is 1.71. The fourth-order valence-corrected chi connectivity index (χ4v) is 4.89. The minimum Gasteiger partial charge on any atom is -0.341 e. The number of carbonyl (C=O) groups is 2. The topological polar surface area (TPSA) is 52.7 Å². The smallest absolute Gasteiger partial charge is 0.318 e. The first-order valence-electron chi connectivity index (χ1n) is 10.1. The van der Waals surface area contributed by atoms with E-state index >= 15 is 0 Å². The van der Waals surface area contributed by atoms with Crippen molar-refractivity contribution in [3.8, 4) is 0 Å². The number of aryl methyl sites for hydroxylation is 1. The van der Waals surface area contributed by atoms with Crippen molar-refractivity contribution in [3.05, 3.63) is 35.1 Å². The number of nitrogens with one attached hydrogen (secondary N) is 1. The van der Waals surface area contributed by atoms with Crippen LogP contribution in [0.2, 0.25) is 0 Å². The highest BCUT2D eigenvalue weighted by atomic mass is 32.2. The lowest BCUT2D eigenvalue weighted by molar-refractivity contribution is -0.137. The molecule has 1 aromatic carbocycles. The van der Waals surface area contributed by atoms with Crippen molar-refractivity contribution >= 4 is 23.7 Å². The van der Waals surface area contributed by atoms with Gasteiger partial charge < -0.3 is 15.1 Å². The summed E-state index contributed by atoms with van der Waals surface area (Å²) in [5, 5.41) is 2.96. The number of halogens is 1. The largest absolute Gasteiger partial charge is 0.341 e. The molecule has 1 N–H and O–H groups in total. The summed E-state index contributed by atoms with van der Waals surface area (Å²) in [7, 11) is 0. The van der Waals surface area contributed by atoms with Crippen LogP contribution in [-0.2, 0) is 4.79 Å². The molecule has 2 fully saturated rings. The first-order chi connectivity index (χ1) is 13.4. The van der Waals surface area contributed by atoms with Gasteiger partial charge in [0.25, 0.3) is 0 Å². The van der Waals surface area contributed by atoms with Crippen molar-refractivity contribution in [1.29, 1.82) is 0 Å². The zero-order chi connectivity index (χ0) is 20.3. The molecule has 2 atom stereocenters. The van der Waals surface area contributed by atoms with Crippen molar-refractivity contribution in [2.45, 2.75) is 45.7 Å². The van der Waals surface area contributed by atoms with E-state index in [0.29, 0.717) is 18.5 Å². The van der Waals surface area contributed by atoms with Crippen molar-refractivity contribution in [2.24, 2.45) is 5.92 Å². The van der Waals surface area contributed by atoms with E-state index in [1.54, 1.807) is 17.9 Å². The molecule has 0 spiro atoms. The lowest BCUT2D eigenvalue weighted by Crippen LogP contribution is -2.52. The fraction of sp³-hybridized carbons (Fsp3) is 0.619. The van der Waals surface area contributed by atoms with Crippen molar-refractivity contribution in [2.75, 3.05) is 31.1 Å². The maximum atomic E-state index is 13.7. The average molecular weight is 408 g/mol. The SMILES string of the molecule is Cc1cc([C@H]2CC[C@@H](C(=O)N3CCSCC3)CN2C(=O)NC(C)C)ccc1F. The highest BCUT2D eigenvalue weighted by molar-refractivity contribution is 7.99. The van der Waals surface area contributed by atoms with Gasteiger partial charge in [0, 0.05) is 37.2 Å². The number of benzene rings is 1. The normalized spacial score (nSPS) is 23.0. The predicted octanol–water partition coefficient (Wildman–Crippen LogP) is 3.58. The third-order valence-corrected chi connectivity index (χ3v) is 6.44. The van der Waals surface area contributed by atoms with Crippen LogP contribution in [-0.4, -0.2) is 58.9 Å². The number of rotatable bonds is 3. The van der Waals surface area contributed by atoms with E-state index in [1.807, 2.05) is 36.6 Å². The second-order valence-electron chi connectivity index (χ2n) is 7.99. The minimum absolute atomic E-state index is 0.0123. The Hall–Kier alpha value is -1.76. The summed E-state index contributed by atoms with van der Waals surface area (Å²) in [6.07, 6.45) is 1.45. The lowest BCUT2D eigenvalue weighted by Gasteiger charge is -2.41. The predicted molar refractivity (Wildman–Crippen MR) is 111 cm³/mol. The molecule has 2 aliphatic heterocycles. The number of amides is 3. The zero-order valence-electron chi connectivity index (χ0n) is 16.9. The number of carbonyl (C=O) groups excluding carboxylic acids is 2. The van der Waals surface area contributed by atoms with E-state index < -0.39 is 0 Å². The van der Waals surface area contributed by atoms with Gasteiger partial charge in [0.2, 0.25) is 5.91 Å². The third-order valence-electron chi connectivity index (χ3n) is 5.49. The third kappa shape index (κ3) is 4.80. The quantitative estimate of drug-likeness (QED) is 0.833. The Balaban J connectivity index is 1.80. The molecule has 0 unspecified atom stereocenters. The van der Waals surface area contributed by atoms with E-state index in [2.05, 4.69) is 5.32 Å². The number of hydrogen-bond donors (Lipinski definition) is 1. The molecule has 2 saturated heterocycles. The van der Waals surface area contributed by atoms with Crippen LogP contribution < -0.4 is 5.32 Å². The molecular formula is C21H30FN3O2S. The number of thioether (sulfide) groups is 1. The molecule has 0 bridgehead atoms. The maximum Gasteiger partial charge on any atom is 0.318 e. The van der Waals surface area contributed by atoms with E-state index in [4.69, 9.17) is 0 Å². The number of piperidine rings is 1. The number of urea groups is 1. The second-order valence-corrected chi connectivity index (χ2v) is 9.22. The van der Waals surface area contributed by atoms with E-state index in [-0.39, 0.29) is 35.8 Å². The first kappa shape index (κ1) is 21.0. The number of nitrogens with zero attached hydrogens (tertiary/aromatic N) is 2. The molecule has 154 valence electrons. The van der Waals surface area contributed by atoms with Crippen LogP contribution in [0.5, 0.6) is 0 Å². The molecule has 2 heterocycles. The molecule has 3 amide bonds. The molecule has 0 aliphatic carbocycles. The van der Waals surface area contributed by atoms with Crippen LogP contribution in [0, 0.1) is 18.7 Å². The van der Waals surface area contributed by atoms with Crippen molar-refractivity contribution in [3.63, 3.8) is 0 Å². The molecule has 2 aliphatic rings. The van der Waals surface area contributed by atoms with Gasteiger partial charge in [0.05, 0.1) is 12.0 Å². The van der Waals surface area contributed by atoms with Gasteiger partial charge in [0.15, 0.2) is 0 Å². The lowest BCUT2D eigenvalue weighted by atomic mass is 9.87. The average Bonchev–Trinajstić information content (AvgIpc) is 2.69. The summed E-state index contributed by atoms with van der Waals surface area (Å²) in [6.45, 7) is 7.57. The standard InChI is InChI=1S/C21H30FN3O2S/c1-14(2)23-21(27)25-13-17(20(26)24-8-10-28-11-9-24)5-7-19(25)16-4-6-18(22)15(3)12-16/h4,6,12,14,17,19H,5,7-11,13H2,1-3H3,(H,23,27)/t17-,19-/m1/s1. The van der Waals surface area contributed by atoms with Crippen LogP contribution in [0.1, 0.15) is 43.9 Å². The molecule has 0 radical (unpaired) electrons. The molecule has 0 aromatic heterocycles. The van der Waals surface area contributed by atoms with Gasteiger partial charge in [-0.3, -0.25) is 4.79 Å². The van der Waals surface area contributed by atoms with Crippen LogP contribution in [0.4, 0.5) is 9.18 Å². The van der Waals surface area contributed by atoms with Crippen LogP contribution in [0.25, 0.3) is 0 Å². The van der Waals surface area contributed by atoms with E-state index in [0.717, 1.165) is 36.6 Å². The van der Waals surface area contributed by atoms with Gasteiger partial charge in [-0.2, -0.15) is 11.8 Å². The Morgan fingerprint density at radius 3 is 2.57 bits per heavy atom. The first-order valence-corrected chi connectivity index (χ1v) is 11.2. The molecular weight excluding hydrogens is 377 g/mol. The van der Waals surface area contributed by atoms with Crippen LogP contribution in [0.15, 0.2) is 18.2 Å². The van der Waals surface area contributed by atoms with Gasteiger partial charge in [-0.15, -0.1) is 0 Å². The number of likely N-dealkylation sites (tertiary alicyclic amines) is 1. The Kier molecular flexibility index (Phi) is 6.86. The molecule has 7 heteroatoms. The van der Waals surface area contributed by atoms with Gasteiger partial charge in [-0.05, 0) is 50.8 Å². The van der Waals surface area contributed by atoms with Crippen LogP contribution >= 0.6 is 11.8 Å². The minimum atomic E-state index is -0.242. The summed E-state index contributed by atoms with van der Waals surface area (Å²) in [4.78, 5) is 29.6. The highest BCUT2D eigenvalue weighted by Gasteiger charge is 2.37. The fourth-order valence-electron chi connectivity index (χ4n) is 3.99. The van der Waals surface area contributed by atoms with Gasteiger partial charge in [-0.1, -0.05) is 12.1 Å². The van der Waals surface area contributed by atoms with Gasteiger partial charge in [0.1, 0.15) is 5.82 Å². The number of hydrogen-bond acceptors (Lipinski definition) is 3. The van der Waals surface area contributed by atoms with Crippen molar-refractivity contribution < 1.29 is 14.0 Å². The Bertz CT molecular complexity index is 722. The Morgan fingerprint density at radius 2 is 1.93 bits per heavy atom. The summed E-state index contributed by atoms with van der Waals surface area (Å²) in [5.41, 5.74) is 1.50. The Morgan fingerprint density at radius 1 is 1.21 bits per heavy atom. The van der Waals surface area contributed by atoms with Gasteiger partial charge >= 0.3 is 6.03 Å². The zero-order valence-corrected chi connectivity index (χ0v) is 17.7. The molecule has 5 nitrogen and oxygen atoms in total. The summed E-state index contributed by atoms with van der Waals surface area (Å²) < 4.78 is 13.7. The summed E-state index contributed by atoms with van der Waals surface area (Å²) in [6, 6.07) is 4.75. The van der Waals surface area contributed by atoms with Gasteiger partial charge in [-0.25, -0.2) is 9.18 Å². The molecule has 3 rings (SSSR count). The van der Waals surface area contributed by atoms with E-state index in [1.165, 1.54) is 6.07 Å². The van der Waals surface area contributed by atoms with Crippen molar-refractivity contribution in [1.82, 2.24) is 15.1 Å². The molecule has 1 aromatic rings. The highest BCUT2D eigenvalue weighted by Crippen LogP contribution is 2.35. The molecule has 0 saturated carbocycles. The van der Waals surface area contributed by atoms with E-state index in [9.17, 15) is 14.0 Å². The molecule has 28 heavy (non-hydrogen) atoms. The van der Waals surface area contributed by atoms with Crippen LogP contribution in [0.3, 0.4) is 0 Å². The maximum absolute atomic E-state index is 13.7. The second kappa shape index (κ2) is 9.16. The summed E-state index contributed by atoms with van der Waals surface area (Å²) >= 11 is 1.88.